The zero-order valence-corrected chi connectivity index (χ0v) is 24.3. The van der Waals surface area contributed by atoms with Gasteiger partial charge in [0, 0.05) is 51.9 Å². The fourth-order valence-electron chi connectivity index (χ4n) is 7.47. The number of carbonyl (C=O) groups excluding carboxylic acids is 2. The van der Waals surface area contributed by atoms with E-state index in [1.165, 1.54) is 62.0 Å². The first-order chi connectivity index (χ1) is 19.7. The number of imide groups is 1. The molecule has 4 aliphatic rings. The fraction of sp³-hybridized carbons (Fsp3) is 0.500. The number of imidazole rings is 1. The van der Waals surface area contributed by atoms with Crippen LogP contribution in [0.25, 0.3) is 11.5 Å². The molecule has 1 aromatic carbocycles. The van der Waals surface area contributed by atoms with Crippen LogP contribution in [0, 0.1) is 5.41 Å². The zero-order chi connectivity index (χ0) is 28.4. The summed E-state index contributed by atoms with van der Waals surface area (Å²) in [6, 6.07) is 13.0. The molecule has 5 heterocycles. The lowest BCUT2D eigenvalue weighted by molar-refractivity contribution is -0.120. The molecule has 1 N–H and O–H groups in total. The minimum atomic E-state index is -0.416. The van der Waals surface area contributed by atoms with Crippen molar-refractivity contribution in [3.8, 4) is 11.5 Å². The predicted molar refractivity (Wildman–Crippen MR) is 158 cm³/mol. The summed E-state index contributed by atoms with van der Waals surface area (Å²) in [4.78, 5) is 40.4. The van der Waals surface area contributed by atoms with E-state index in [-0.39, 0.29) is 17.9 Å². The van der Waals surface area contributed by atoms with Gasteiger partial charge in [-0.2, -0.15) is 0 Å². The minimum Gasteiger partial charge on any atom is -0.371 e. The number of carbonyl (C=O) groups is 2. The van der Waals surface area contributed by atoms with E-state index in [4.69, 9.17) is 4.98 Å². The fourth-order valence-corrected chi connectivity index (χ4v) is 7.47. The molecular formula is C32H39N7O2. The van der Waals surface area contributed by atoms with E-state index in [0.29, 0.717) is 23.6 Å². The standard InChI is InChI=1S/C32H39N7O2/c1-31(2)28-23(8-11-25(34-28)29-33-18-27(36(29)3)39-16-12-26(40)35-30(39)41)20-38(31)19-22-6-9-24(10-7-22)37-17-15-32(21-37)13-4-5-14-32/h6-11,18H,4-5,12-17,19-21H2,1-3H3,(H,35,40,41). The third kappa shape index (κ3) is 4.51. The van der Waals surface area contributed by atoms with Crippen LogP contribution in [0.3, 0.4) is 0 Å². The van der Waals surface area contributed by atoms with Gasteiger partial charge in [0.05, 0.1) is 17.4 Å². The molecule has 1 aliphatic carbocycles. The number of anilines is 2. The molecule has 3 aromatic rings. The molecule has 0 unspecified atom stereocenters. The van der Waals surface area contributed by atoms with E-state index in [1.54, 1.807) is 11.1 Å². The number of urea groups is 1. The maximum absolute atomic E-state index is 12.4. The van der Waals surface area contributed by atoms with Gasteiger partial charge >= 0.3 is 6.03 Å². The molecule has 7 rings (SSSR count). The molecule has 2 saturated heterocycles. The van der Waals surface area contributed by atoms with E-state index in [2.05, 4.69) is 64.3 Å². The first kappa shape index (κ1) is 26.2. The van der Waals surface area contributed by atoms with Crippen LogP contribution in [0.1, 0.15) is 69.2 Å². The summed E-state index contributed by atoms with van der Waals surface area (Å²) in [7, 11) is 1.88. The van der Waals surface area contributed by atoms with Gasteiger partial charge < -0.3 is 9.47 Å². The molecule has 0 bridgehead atoms. The largest absolute Gasteiger partial charge is 0.371 e. The smallest absolute Gasteiger partial charge is 0.329 e. The van der Waals surface area contributed by atoms with E-state index < -0.39 is 6.03 Å². The quantitative estimate of drug-likeness (QED) is 0.481. The molecule has 1 saturated carbocycles. The summed E-state index contributed by atoms with van der Waals surface area (Å²) >= 11 is 0. The average Bonchev–Trinajstić information content (AvgIpc) is 3.73. The van der Waals surface area contributed by atoms with Gasteiger partial charge in [-0.05, 0) is 67.9 Å². The Morgan fingerprint density at radius 3 is 2.51 bits per heavy atom. The molecule has 9 heteroatoms. The van der Waals surface area contributed by atoms with Crippen LogP contribution in [-0.2, 0) is 30.5 Å². The molecular weight excluding hydrogens is 514 g/mol. The molecule has 2 aromatic heterocycles. The van der Waals surface area contributed by atoms with Crippen molar-refractivity contribution in [3.05, 3.63) is 59.4 Å². The Labute approximate surface area is 241 Å². The SMILES string of the molecule is Cn1c(N2CCC(=O)NC2=O)cnc1-c1ccc2c(n1)C(C)(C)N(Cc1ccc(N3CCC4(CCCC4)C3)cc1)C2. The molecule has 3 amide bonds. The van der Waals surface area contributed by atoms with E-state index in [9.17, 15) is 9.59 Å². The summed E-state index contributed by atoms with van der Waals surface area (Å²) < 4.78 is 1.88. The molecule has 1 spiro atoms. The monoisotopic (exact) mass is 553 g/mol. The molecule has 214 valence electrons. The average molecular weight is 554 g/mol. The number of benzene rings is 1. The first-order valence-electron chi connectivity index (χ1n) is 15.0. The van der Waals surface area contributed by atoms with Crippen LogP contribution in [0.15, 0.2) is 42.6 Å². The molecule has 0 atom stereocenters. The highest BCUT2D eigenvalue weighted by Crippen LogP contribution is 2.46. The first-order valence-corrected chi connectivity index (χ1v) is 15.0. The highest BCUT2D eigenvalue weighted by Gasteiger charge is 2.41. The number of pyridine rings is 1. The second-order valence-electron chi connectivity index (χ2n) is 12.9. The molecule has 9 nitrogen and oxygen atoms in total. The maximum Gasteiger partial charge on any atom is 0.329 e. The predicted octanol–water partition coefficient (Wildman–Crippen LogP) is 4.95. The van der Waals surface area contributed by atoms with Crippen LogP contribution >= 0.6 is 0 Å². The van der Waals surface area contributed by atoms with E-state index in [1.807, 2.05) is 17.7 Å². The van der Waals surface area contributed by atoms with Gasteiger partial charge in [0.1, 0.15) is 11.5 Å². The maximum atomic E-state index is 12.4. The van der Waals surface area contributed by atoms with Gasteiger partial charge in [-0.1, -0.05) is 31.0 Å². The van der Waals surface area contributed by atoms with Gasteiger partial charge in [0.25, 0.3) is 0 Å². The number of amides is 3. The number of nitrogens with zero attached hydrogens (tertiary/aromatic N) is 6. The highest BCUT2D eigenvalue weighted by molar-refractivity contribution is 6.05. The number of aromatic nitrogens is 3. The van der Waals surface area contributed by atoms with E-state index >= 15 is 0 Å². The molecule has 0 radical (unpaired) electrons. The lowest BCUT2D eigenvalue weighted by atomic mass is 9.86. The summed E-state index contributed by atoms with van der Waals surface area (Å²) in [5, 5.41) is 2.38. The summed E-state index contributed by atoms with van der Waals surface area (Å²) in [5.41, 5.74) is 6.08. The van der Waals surface area contributed by atoms with E-state index in [0.717, 1.165) is 24.5 Å². The van der Waals surface area contributed by atoms with Gasteiger partial charge in [-0.15, -0.1) is 0 Å². The number of hydrogen-bond acceptors (Lipinski definition) is 6. The number of rotatable bonds is 5. The van der Waals surface area contributed by atoms with Crippen molar-refractivity contribution >= 4 is 23.4 Å². The number of fused-ring (bicyclic) bond motifs is 1. The normalized spacial score (nSPS) is 21.6. The lowest BCUT2D eigenvalue weighted by Crippen LogP contribution is -2.50. The summed E-state index contributed by atoms with van der Waals surface area (Å²) in [6.07, 6.45) is 8.91. The molecule has 3 aliphatic heterocycles. The van der Waals surface area contributed by atoms with Gasteiger partial charge in [0.15, 0.2) is 5.82 Å². The third-order valence-corrected chi connectivity index (χ3v) is 10.0. The van der Waals surface area contributed by atoms with Crippen LogP contribution in [0.5, 0.6) is 0 Å². The summed E-state index contributed by atoms with van der Waals surface area (Å²) in [5.74, 6) is 1.09. The van der Waals surface area contributed by atoms with Gasteiger partial charge in [-0.3, -0.25) is 19.9 Å². The zero-order valence-electron chi connectivity index (χ0n) is 24.3. The second-order valence-corrected chi connectivity index (χ2v) is 12.9. The number of hydrogen-bond donors (Lipinski definition) is 1. The Hall–Kier alpha value is -3.72. The van der Waals surface area contributed by atoms with Crippen molar-refractivity contribution in [2.24, 2.45) is 12.5 Å². The van der Waals surface area contributed by atoms with Crippen molar-refractivity contribution in [2.75, 3.05) is 29.4 Å². The molecule has 41 heavy (non-hydrogen) atoms. The van der Waals surface area contributed by atoms with Crippen molar-refractivity contribution in [1.82, 2.24) is 24.8 Å². The highest BCUT2D eigenvalue weighted by atomic mass is 16.2. The van der Waals surface area contributed by atoms with Crippen LogP contribution in [0.4, 0.5) is 16.3 Å². The van der Waals surface area contributed by atoms with Crippen LogP contribution in [0.2, 0.25) is 0 Å². The second kappa shape index (κ2) is 9.69. The Kier molecular flexibility index (Phi) is 6.19. The van der Waals surface area contributed by atoms with Gasteiger partial charge in [-0.25, -0.2) is 14.8 Å². The minimum absolute atomic E-state index is 0.241. The Morgan fingerprint density at radius 1 is 0.976 bits per heavy atom. The summed E-state index contributed by atoms with van der Waals surface area (Å²) in [6.45, 7) is 8.94. The molecule has 3 fully saturated rings. The lowest BCUT2D eigenvalue weighted by Gasteiger charge is -2.32. The van der Waals surface area contributed by atoms with Crippen LogP contribution in [-0.4, -0.2) is 51.0 Å². The van der Waals surface area contributed by atoms with Crippen molar-refractivity contribution in [2.45, 2.75) is 71.0 Å². The van der Waals surface area contributed by atoms with Crippen molar-refractivity contribution in [1.29, 1.82) is 0 Å². The Balaban J connectivity index is 1.06. The van der Waals surface area contributed by atoms with Crippen molar-refractivity contribution in [3.63, 3.8) is 0 Å². The van der Waals surface area contributed by atoms with Gasteiger partial charge in [0.2, 0.25) is 5.91 Å². The topological polar surface area (TPSA) is 86.6 Å². The number of nitrogens with one attached hydrogen (secondary N) is 1. The van der Waals surface area contributed by atoms with Crippen LogP contribution < -0.4 is 15.1 Å². The Bertz CT molecular complexity index is 1500. The van der Waals surface area contributed by atoms with Crippen molar-refractivity contribution < 1.29 is 9.59 Å². The third-order valence-electron chi connectivity index (χ3n) is 10.0. The Morgan fingerprint density at radius 2 is 1.76 bits per heavy atom.